The van der Waals surface area contributed by atoms with Crippen molar-refractivity contribution in [3.05, 3.63) is 138 Å². The Balaban J connectivity index is 1.35. The number of furan rings is 1. The Morgan fingerprint density at radius 1 is 0.686 bits per heavy atom. The van der Waals surface area contributed by atoms with Gasteiger partial charge >= 0.3 is 0 Å². The molecule has 172 valence electrons. The molecule has 0 unspecified atom stereocenters. The Kier molecular flexibility index (Phi) is 6.72. The first-order valence-corrected chi connectivity index (χ1v) is 11.4. The molecule has 0 amide bonds. The van der Waals surface area contributed by atoms with Gasteiger partial charge in [0.15, 0.2) is 17.3 Å². The van der Waals surface area contributed by atoms with Gasteiger partial charge < -0.3 is 13.9 Å². The van der Waals surface area contributed by atoms with E-state index in [0.717, 1.165) is 22.1 Å². The summed E-state index contributed by atoms with van der Waals surface area (Å²) in [6.07, 6.45) is 3.27. The van der Waals surface area contributed by atoms with Crippen LogP contribution in [0.1, 0.15) is 27.2 Å². The summed E-state index contributed by atoms with van der Waals surface area (Å²) in [4.78, 5) is 12.7. The van der Waals surface area contributed by atoms with Crippen molar-refractivity contribution in [2.45, 2.75) is 13.2 Å². The average molecular weight is 461 g/mol. The molecule has 5 aromatic rings. The van der Waals surface area contributed by atoms with E-state index in [2.05, 4.69) is 0 Å². The van der Waals surface area contributed by atoms with Crippen molar-refractivity contribution in [1.82, 2.24) is 0 Å². The van der Waals surface area contributed by atoms with E-state index in [1.54, 1.807) is 12.1 Å². The van der Waals surface area contributed by atoms with E-state index in [-0.39, 0.29) is 5.78 Å². The van der Waals surface area contributed by atoms with E-state index >= 15 is 0 Å². The van der Waals surface area contributed by atoms with Gasteiger partial charge in [0.05, 0.1) is 0 Å². The van der Waals surface area contributed by atoms with Gasteiger partial charge in [-0.2, -0.15) is 0 Å². The molecule has 0 aliphatic rings. The van der Waals surface area contributed by atoms with Gasteiger partial charge in [-0.25, -0.2) is 0 Å². The minimum Gasteiger partial charge on any atom is -0.485 e. The molecule has 35 heavy (non-hydrogen) atoms. The maximum atomic E-state index is 12.7. The summed E-state index contributed by atoms with van der Waals surface area (Å²) >= 11 is 0. The number of ketones is 1. The molecular formula is C31H24O4. The molecule has 0 N–H and O–H groups in total. The Labute approximate surface area is 204 Å². The third-order valence-corrected chi connectivity index (χ3v) is 5.54. The highest BCUT2D eigenvalue weighted by Crippen LogP contribution is 2.31. The van der Waals surface area contributed by atoms with Crippen LogP contribution >= 0.6 is 0 Å². The lowest BCUT2D eigenvalue weighted by Gasteiger charge is -2.14. The lowest BCUT2D eigenvalue weighted by molar-refractivity contribution is 0.102. The number of carbonyl (C=O) groups is 1. The summed E-state index contributed by atoms with van der Waals surface area (Å²) < 4.78 is 17.9. The molecule has 0 saturated carbocycles. The molecule has 1 heterocycles. The van der Waals surface area contributed by atoms with Crippen molar-refractivity contribution in [2.75, 3.05) is 0 Å². The van der Waals surface area contributed by atoms with Gasteiger partial charge in [0, 0.05) is 5.39 Å². The molecule has 0 aliphatic carbocycles. The van der Waals surface area contributed by atoms with Gasteiger partial charge in [-0.3, -0.25) is 4.79 Å². The van der Waals surface area contributed by atoms with E-state index in [1.807, 2.05) is 103 Å². The van der Waals surface area contributed by atoms with Gasteiger partial charge in [-0.15, -0.1) is 0 Å². The molecular weight excluding hydrogens is 436 g/mol. The van der Waals surface area contributed by atoms with Crippen molar-refractivity contribution in [3.8, 4) is 11.5 Å². The van der Waals surface area contributed by atoms with E-state index in [1.165, 1.54) is 6.08 Å². The van der Waals surface area contributed by atoms with Crippen LogP contribution in [0.5, 0.6) is 11.5 Å². The SMILES string of the molecule is O=C(C=Cc1ccc(OCc2ccccc2)c(OCc2ccccc2)c1)c1cc2ccccc2o1. The number of allylic oxidation sites excluding steroid dienone is 1. The quantitative estimate of drug-likeness (QED) is 0.169. The van der Waals surface area contributed by atoms with Crippen LogP contribution in [0.3, 0.4) is 0 Å². The van der Waals surface area contributed by atoms with Crippen molar-refractivity contribution >= 4 is 22.8 Å². The maximum Gasteiger partial charge on any atom is 0.221 e. The second-order valence-corrected chi connectivity index (χ2v) is 8.10. The van der Waals surface area contributed by atoms with Crippen LogP contribution in [-0.2, 0) is 13.2 Å². The second kappa shape index (κ2) is 10.6. The van der Waals surface area contributed by atoms with Crippen LogP contribution in [0.4, 0.5) is 0 Å². The molecule has 5 rings (SSSR count). The zero-order valence-electron chi connectivity index (χ0n) is 19.1. The Morgan fingerprint density at radius 2 is 1.31 bits per heavy atom. The molecule has 0 fully saturated rings. The zero-order valence-corrected chi connectivity index (χ0v) is 19.1. The fourth-order valence-corrected chi connectivity index (χ4v) is 3.69. The van der Waals surface area contributed by atoms with Crippen LogP contribution in [0.15, 0.2) is 120 Å². The largest absolute Gasteiger partial charge is 0.485 e. The summed E-state index contributed by atoms with van der Waals surface area (Å²) in [5.74, 6) is 1.37. The highest BCUT2D eigenvalue weighted by atomic mass is 16.5. The van der Waals surface area contributed by atoms with Crippen LogP contribution in [0, 0.1) is 0 Å². The van der Waals surface area contributed by atoms with Gasteiger partial charge in [-0.05, 0) is 47.0 Å². The van der Waals surface area contributed by atoms with Crippen molar-refractivity contribution in [2.24, 2.45) is 0 Å². The summed E-state index contributed by atoms with van der Waals surface area (Å²) in [6, 6.07) is 34.9. The molecule has 4 aromatic carbocycles. The average Bonchev–Trinajstić information content (AvgIpc) is 3.36. The third-order valence-electron chi connectivity index (χ3n) is 5.54. The standard InChI is InChI=1S/C31H24O4/c32-27(30-20-26-13-7-8-14-28(26)35-30)17-15-23-16-18-29(33-21-24-9-3-1-4-10-24)31(19-23)34-22-25-11-5-2-6-12-25/h1-20H,21-22H2. The van der Waals surface area contributed by atoms with Gasteiger partial charge in [0.1, 0.15) is 18.8 Å². The number of carbonyl (C=O) groups excluding carboxylic acids is 1. The first-order chi connectivity index (χ1) is 17.2. The predicted molar refractivity (Wildman–Crippen MR) is 138 cm³/mol. The van der Waals surface area contributed by atoms with Crippen LogP contribution in [0.25, 0.3) is 17.0 Å². The zero-order chi connectivity index (χ0) is 23.9. The lowest BCUT2D eigenvalue weighted by atomic mass is 10.1. The molecule has 1 aromatic heterocycles. The second-order valence-electron chi connectivity index (χ2n) is 8.10. The first-order valence-electron chi connectivity index (χ1n) is 11.4. The number of para-hydroxylation sites is 1. The summed E-state index contributed by atoms with van der Waals surface area (Å²) in [5.41, 5.74) is 3.65. The number of benzene rings is 4. The van der Waals surface area contributed by atoms with Crippen LogP contribution in [-0.4, -0.2) is 5.78 Å². The number of fused-ring (bicyclic) bond motifs is 1. The molecule has 4 nitrogen and oxygen atoms in total. The van der Waals surface area contributed by atoms with E-state index < -0.39 is 0 Å². The third kappa shape index (κ3) is 5.68. The Hall–Kier alpha value is -4.57. The number of ether oxygens (including phenoxy) is 2. The van der Waals surface area contributed by atoms with E-state index in [9.17, 15) is 4.79 Å². The topological polar surface area (TPSA) is 48.7 Å². The molecule has 0 spiro atoms. The van der Waals surface area contributed by atoms with Gasteiger partial charge in [0.25, 0.3) is 0 Å². The van der Waals surface area contributed by atoms with E-state index in [4.69, 9.17) is 13.9 Å². The van der Waals surface area contributed by atoms with Gasteiger partial charge in [0.2, 0.25) is 5.78 Å². The molecule has 0 bridgehead atoms. The molecule has 0 radical (unpaired) electrons. The highest BCUT2D eigenvalue weighted by molar-refractivity contribution is 6.07. The molecule has 4 heteroatoms. The van der Waals surface area contributed by atoms with Crippen molar-refractivity contribution in [1.29, 1.82) is 0 Å². The highest BCUT2D eigenvalue weighted by Gasteiger charge is 2.11. The van der Waals surface area contributed by atoms with Crippen molar-refractivity contribution in [3.63, 3.8) is 0 Å². The molecule has 0 atom stereocenters. The smallest absolute Gasteiger partial charge is 0.221 e. The van der Waals surface area contributed by atoms with E-state index in [0.29, 0.717) is 36.1 Å². The van der Waals surface area contributed by atoms with Crippen molar-refractivity contribution < 1.29 is 18.7 Å². The van der Waals surface area contributed by atoms with Crippen LogP contribution in [0.2, 0.25) is 0 Å². The number of hydrogen-bond donors (Lipinski definition) is 0. The normalized spacial score (nSPS) is 11.1. The number of rotatable bonds is 9. The summed E-state index contributed by atoms with van der Waals surface area (Å²) in [7, 11) is 0. The summed E-state index contributed by atoms with van der Waals surface area (Å²) in [5, 5.41) is 0.903. The Morgan fingerprint density at radius 3 is 2.00 bits per heavy atom. The van der Waals surface area contributed by atoms with Gasteiger partial charge in [-0.1, -0.05) is 91.0 Å². The predicted octanol–water partition coefficient (Wildman–Crippen LogP) is 7.49. The molecule has 0 aliphatic heterocycles. The van der Waals surface area contributed by atoms with Crippen LogP contribution < -0.4 is 9.47 Å². The summed E-state index contributed by atoms with van der Waals surface area (Å²) in [6.45, 7) is 0.843. The first kappa shape index (κ1) is 22.2. The fourth-order valence-electron chi connectivity index (χ4n) is 3.69. The number of hydrogen-bond acceptors (Lipinski definition) is 4. The minimum atomic E-state index is -0.197. The fraction of sp³-hybridized carbons (Fsp3) is 0.0645. The maximum absolute atomic E-state index is 12.7. The lowest BCUT2D eigenvalue weighted by Crippen LogP contribution is -2.01. The molecule has 0 saturated heterocycles. The Bertz CT molecular complexity index is 1420. The minimum absolute atomic E-state index is 0.197. The monoisotopic (exact) mass is 460 g/mol.